The van der Waals surface area contributed by atoms with Gasteiger partial charge < -0.3 is 18.8 Å². The standard InChI is InChI=1S/C16H35O3PS.C6H15N/c1-15(2)11-7-5-9-13-18-20(17,21)19-14-10-6-8-12-16(3)4;1-4-7(5-2)6-3/h15-16H,5-14H2,1-4H3,(H,17,21);4-6H2,1-3H3. The number of nitrogens with one attached hydrogen (secondary N) is 1. The quantitative estimate of drug-likeness (QED) is 0.257. The van der Waals surface area contributed by atoms with Crippen molar-refractivity contribution in [3.8, 4) is 0 Å². The van der Waals surface area contributed by atoms with Crippen LogP contribution in [0.5, 0.6) is 0 Å². The largest absolute Gasteiger partial charge is 0.780 e. The van der Waals surface area contributed by atoms with Gasteiger partial charge in [-0.25, -0.2) is 0 Å². The summed E-state index contributed by atoms with van der Waals surface area (Å²) in [5.74, 6) is 1.49. The molecule has 0 saturated carbocycles. The predicted octanol–water partition coefficient (Wildman–Crippen LogP) is 4.97. The molecule has 0 aliphatic heterocycles. The van der Waals surface area contributed by atoms with Crippen molar-refractivity contribution in [1.29, 1.82) is 0 Å². The van der Waals surface area contributed by atoms with Crippen LogP contribution in [0.1, 0.15) is 99.8 Å². The van der Waals surface area contributed by atoms with Crippen LogP contribution in [0.2, 0.25) is 0 Å². The molecule has 4 nitrogen and oxygen atoms in total. The van der Waals surface area contributed by atoms with Gasteiger partial charge in [0.05, 0.1) is 32.8 Å². The smallest absolute Gasteiger partial charge is 0.115 e. The second-order valence-corrected chi connectivity index (χ2v) is 11.2. The first-order valence-electron chi connectivity index (χ1n) is 11.6. The van der Waals surface area contributed by atoms with Crippen molar-refractivity contribution in [1.82, 2.24) is 0 Å². The summed E-state index contributed by atoms with van der Waals surface area (Å²) in [6.07, 6.45) is 8.87. The summed E-state index contributed by atoms with van der Waals surface area (Å²) in [6, 6.07) is 0. The van der Waals surface area contributed by atoms with E-state index >= 15 is 0 Å². The van der Waals surface area contributed by atoms with Crippen LogP contribution in [0.4, 0.5) is 0 Å². The maximum absolute atomic E-state index is 11.9. The van der Waals surface area contributed by atoms with E-state index in [1.165, 1.54) is 45.3 Å². The van der Waals surface area contributed by atoms with Gasteiger partial charge in [-0.15, -0.1) is 0 Å². The van der Waals surface area contributed by atoms with Crippen molar-refractivity contribution in [2.75, 3.05) is 32.8 Å². The van der Waals surface area contributed by atoms with Gasteiger partial charge in [0.15, 0.2) is 0 Å². The zero-order chi connectivity index (χ0) is 21.8. The molecule has 0 rings (SSSR count). The highest BCUT2D eigenvalue weighted by Crippen LogP contribution is 2.39. The molecule has 0 fully saturated rings. The molecule has 0 saturated heterocycles. The minimum Gasteiger partial charge on any atom is -0.780 e. The fourth-order valence-corrected chi connectivity index (χ4v) is 4.03. The molecule has 172 valence electrons. The van der Waals surface area contributed by atoms with E-state index in [1.54, 1.807) is 4.90 Å². The monoisotopic (exact) mass is 439 g/mol. The molecule has 0 spiro atoms. The first kappa shape index (κ1) is 30.7. The van der Waals surface area contributed by atoms with Crippen molar-refractivity contribution in [2.45, 2.75) is 99.8 Å². The third-order valence-electron chi connectivity index (χ3n) is 4.85. The van der Waals surface area contributed by atoms with Gasteiger partial charge in [-0.3, -0.25) is 0 Å². The van der Waals surface area contributed by atoms with Gasteiger partial charge in [-0.2, -0.15) is 0 Å². The third kappa shape index (κ3) is 24.5. The third-order valence-corrected chi connectivity index (χ3v) is 6.48. The fraction of sp³-hybridized carbons (Fsp3) is 1.00. The first-order chi connectivity index (χ1) is 13.2. The highest BCUT2D eigenvalue weighted by molar-refractivity contribution is 8.06. The average Bonchev–Trinajstić information content (AvgIpc) is 2.62. The van der Waals surface area contributed by atoms with Crippen molar-refractivity contribution in [3.05, 3.63) is 0 Å². The molecule has 0 aromatic rings. The maximum Gasteiger partial charge on any atom is 0.115 e. The van der Waals surface area contributed by atoms with Crippen LogP contribution in [0.25, 0.3) is 0 Å². The Morgan fingerprint density at radius 2 is 1.07 bits per heavy atom. The summed E-state index contributed by atoms with van der Waals surface area (Å²) in [5, 5.41) is 0. The lowest BCUT2D eigenvalue weighted by molar-refractivity contribution is -0.894. The molecule has 0 aromatic carbocycles. The van der Waals surface area contributed by atoms with Crippen molar-refractivity contribution < 1.29 is 18.8 Å². The van der Waals surface area contributed by atoms with Gasteiger partial charge in [-0.05, 0) is 45.4 Å². The lowest BCUT2D eigenvalue weighted by Gasteiger charge is -2.27. The summed E-state index contributed by atoms with van der Waals surface area (Å²) < 4.78 is 10.5. The molecule has 1 N–H and O–H groups in total. The zero-order valence-electron chi connectivity index (χ0n) is 19.9. The van der Waals surface area contributed by atoms with Gasteiger partial charge in [0, 0.05) is 0 Å². The zero-order valence-corrected chi connectivity index (χ0v) is 21.6. The highest BCUT2D eigenvalue weighted by atomic mass is 32.5. The summed E-state index contributed by atoms with van der Waals surface area (Å²) >= 11 is 4.89. The van der Waals surface area contributed by atoms with Crippen LogP contribution in [0.15, 0.2) is 0 Å². The molecular formula is C22H50NO3PS. The average molecular weight is 440 g/mol. The SMILES string of the molecule is CC(C)CCCCCOP([O-])(=S)OCCCCCC(C)C.CC[NH+](CC)CC. The summed E-state index contributed by atoms with van der Waals surface area (Å²) in [7, 11) is 0. The van der Waals surface area contributed by atoms with E-state index in [0.29, 0.717) is 13.2 Å². The van der Waals surface area contributed by atoms with Crippen LogP contribution in [-0.4, -0.2) is 32.8 Å². The van der Waals surface area contributed by atoms with Gasteiger partial charge >= 0.3 is 0 Å². The maximum atomic E-state index is 11.9. The Labute approximate surface area is 182 Å². The van der Waals surface area contributed by atoms with Crippen molar-refractivity contribution in [2.24, 2.45) is 11.8 Å². The fourth-order valence-electron chi connectivity index (χ4n) is 2.80. The highest BCUT2D eigenvalue weighted by Gasteiger charge is 2.04. The molecule has 0 bridgehead atoms. The molecule has 0 amide bonds. The Kier molecular flexibility index (Phi) is 22.7. The minimum atomic E-state index is -3.24. The molecule has 0 aliphatic carbocycles. The second kappa shape index (κ2) is 20.8. The van der Waals surface area contributed by atoms with E-state index in [4.69, 9.17) is 20.9 Å². The van der Waals surface area contributed by atoms with E-state index in [9.17, 15) is 4.89 Å². The van der Waals surface area contributed by atoms with Crippen LogP contribution in [0, 0.1) is 11.8 Å². The Morgan fingerprint density at radius 1 is 0.714 bits per heavy atom. The molecule has 0 heterocycles. The van der Waals surface area contributed by atoms with Gasteiger partial charge in [0.2, 0.25) is 0 Å². The predicted molar refractivity (Wildman–Crippen MR) is 125 cm³/mol. The van der Waals surface area contributed by atoms with E-state index in [0.717, 1.165) is 37.5 Å². The van der Waals surface area contributed by atoms with E-state index < -0.39 is 6.72 Å². The molecule has 0 aromatic heterocycles. The van der Waals surface area contributed by atoms with Gasteiger partial charge in [0.1, 0.15) is 6.72 Å². The number of unbranched alkanes of at least 4 members (excludes halogenated alkanes) is 4. The summed E-state index contributed by atoms with van der Waals surface area (Å²) in [5.41, 5.74) is 0. The number of hydrogen-bond donors (Lipinski definition) is 1. The van der Waals surface area contributed by atoms with Crippen LogP contribution >= 0.6 is 6.72 Å². The van der Waals surface area contributed by atoms with E-state index in [2.05, 4.69) is 48.5 Å². The van der Waals surface area contributed by atoms with Crippen LogP contribution in [-0.2, 0) is 20.9 Å². The number of quaternary nitrogens is 1. The Morgan fingerprint density at radius 3 is 1.32 bits per heavy atom. The Bertz CT molecular complexity index is 334. The molecule has 0 aliphatic rings. The van der Waals surface area contributed by atoms with Crippen molar-refractivity contribution in [3.63, 3.8) is 0 Å². The molecule has 6 heteroatoms. The first-order valence-corrected chi connectivity index (χ1v) is 14.2. The number of hydrogen-bond acceptors (Lipinski definition) is 4. The second-order valence-electron chi connectivity index (χ2n) is 8.41. The molecule has 28 heavy (non-hydrogen) atoms. The minimum absolute atomic E-state index is 0.451. The van der Waals surface area contributed by atoms with Crippen molar-refractivity contribution >= 4 is 18.5 Å². The normalized spacial score (nSPS) is 12.0. The Hall–Kier alpha value is 0.490. The van der Waals surface area contributed by atoms with Gasteiger partial charge in [-0.1, -0.05) is 78.0 Å². The van der Waals surface area contributed by atoms with Crippen LogP contribution in [0.3, 0.4) is 0 Å². The lowest BCUT2D eigenvalue weighted by atomic mass is 10.1. The molecular weight excluding hydrogens is 389 g/mol. The molecule has 0 unspecified atom stereocenters. The van der Waals surface area contributed by atoms with Gasteiger partial charge in [0.25, 0.3) is 0 Å². The molecule has 0 atom stereocenters. The van der Waals surface area contributed by atoms with E-state index in [1.807, 2.05) is 0 Å². The summed E-state index contributed by atoms with van der Waals surface area (Å²) in [6.45, 7) is 17.0. The topological polar surface area (TPSA) is 46.0 Å². The van der Waals surface area contributed by atoms with E-state index in [-0.39, 0.29) is 0 Å². The van der Waals surface area contributed by atoms with Crippen LogP contribution < -0.4 is 9.79 Å². The number of rotatable bonds is 17. The Balaban J connectivity index is 0. The molecule has 0 radical (unpaired) electrons. The lowest BCUT2D eigenvalue weighted by Crippen LogP contribution is -3.11. The summed E-state index contributed by atoms with van der Waals surface area (Å²) in [4.78, 5) is 13.5.